The minimum atomic E-state index is -0.298. The molecule has 0 radical (unpaired) electrons. The Labute approximate surface area is 139 Å². The van der Waals surface area contributed by atoms with Crippen molar-refractivity contribution in [3.63, 3.8) is 0 Å². The molecule has 1 atom stereocenters. The van der Waals surface area contributed by atoms with Crippen LogP contribution < -0.4 is 5.32 Å². The second-order valence-electron chi connectivity index (χ2n) is 6.07. The van der Waals surface area contributed by atoms with Gasteiger partial charge < -0.3 is 14.8 Å². The van der Waals surface area contributed by atoms with E-state index < -0.39 is 0 Å². The minimum absolute atomic E-state index is 0.0124. The highest BCUT2D eigenvalue weighted by Crippen LogP contribution is 2.21. The Balaban J connectivity index is 1.59. The number of fused-ring (bicyclic) bond motifs is 1. The van der Waals surface area contributed by atoms with E-state index in [1.54, 1.807) is 6.92 Å². The van der Waals surface area contributed by atoms with Crippen LogP contribution in [-0.4, -0.2) is 45.1 Å². The molecular formula is C17H19N5O2. The molecule has 1 unspecified atom stereocenters. The molecule has 0 bridgehead atoms. The van der Waals surface area contributed by atoms with E-state index in [1.165, 1.54) is 10.9 Å². The van der Waals surface area contributed by atoms with Crippen molar-refractivity contribution in [3.05, 3.63) is 47.7 Å². The molecule has 3 heterocycles. The molecule has 24 heavy (non-hydrogen) atoms. The van der Waals surface area contributed by atoms with E-state index in [2.05, 4.69) is 43.5 Å². The van der Waals surface area contributed by atoms with Crippen LogP contribution >= 0.6 is 0 Å². The van der Waals surface area contributed by atoms with Gasteiger partial charge in [-0.25, -0.2) is 0 Å². The van der Waals surface area contributed by atoms with Gasteiger partial charge in [0.05, 0.1) is 12.5 Å². The van der Waals surface area contributed by atoms with Crippen molar-refractivity contribution in [2.24, 2.45) is 0 Å². The van der Waals surface area contributed by atoms with Crippen molar-refractivity contribution in [2.75, 3.05) is 13.1 Å². The number of nitrogens with one attached hydrogen (secondary N) is 2. The normalized spacial score (nSPS) is 18.9. The van der Waals surface area contributed by atoms with E-state index in [0.717, 1.165) is 12.1 Å². The Morgan fingerprint density at radius 2 is 2.29 bits per heavy atom. The number of aromatic nitrogens is 3. The topological polar surface area (TPSA) is 87.0 Å². The molecule has 3 aromatic rings. The van der Waals surface area contributed by atoms with Gasteiger partial charge in [0.2, 0.25) is 11.8 Å². The van der Waals surface area contributed by atoms with Gasteiger partial charge >= 0.3 is 0 Å². The summed E-state index contributed by atoms with van der Waals surface area (Å²) >= 11 is 0. The predicted molar refractivity (Wildman–Crippen MR) is 88.2 cm³/mol. The van der Waals surface area contributed by atoms with Crippen molar-refractivity contribution in [1.29, 1.82) is 0 Å². The van der Waals surface area contributed by atoms with Crippen molar-refractivity contribution >= 4 is 16.8 Å². The summed E-state index contributed by atoms with van der Waals surface area (Å²) in [5.41, 5.74) is 2.31. The summed E-state index contributed by atoms with van der Waals surface area (Å²) in [5.74, 6) is 1.10. The summed E-state index contributed by atoms with van der Waals surface area (Å²) in [6.07, 6.45) is 2.37. The maximum Gasteiger partial charge on any atom is 0.237 e. The van der Waals surface area contributed by atoms with Crippen LogP contribution in [0.15, 0.2) is 35.0 Å². The third kappa shape index (κ3) is 2.78. The second-order valence-corrected chi connectivity index (χ2v) is 6.07. The molecule has 7 nitrogen and oxygen atoms in total. The standard InChI is InChI=1S/C17H19N5O2/c1-11-20-16(24-21-11)9-15-17(23)19-7-8-22(15)10-12-3-2-4-14-13(12)5-6-18-14/h2-6,15,18H,7-10H2,1H3,(H,19,23). The summed E-state index contributed by atoms with van der Waals surface area (Å²) in [6, 6.07) is 7.98. The van der Waals surface area contributed by atoms with Crippen molar-refractivity contribution in [2.45, 2.75) is 25.9 Å². The van der Waals surface area contributed by atoms with Crippen LogP contribution in [0.5, 0.6) is 0 Å². The SMILES string of the molecule is Cc1noc(CC2C(=O)NCCN2Cc2cccc3[nH]ccc23)n1. The van der Waals surface area contributed by atoms with E-state index in [0.29, 0.717) is 31.2 Å². The molecule has 0 spiro atoms. The molecule has 1 saturated heterocycles. The first kappa shape index (κ1) is 14.9. The second kappa shape index (κ2) is 6.09. The van der Waals surface area contributed by atoms with Crippen LogP contribution in [0.4, 0.5) is 0 Å². The highest BCUT2D eigenvalue weighted by molar-refractivity contribution is 5.84. The fourth-order valence-electron chi connectivity index (χ4n) is 3.27. The number of hydrogen-bond donors (Lipinski definition) is 2. The zero-order chi connectivity index (χ0) is 16.5. The summed E-state index contributed by atoms with van der Waals surface area (Å²) in [7, 11) is 0. The summed E-state index contributed by atoms with van der Waals surface area (Å²) < 4.78 is 5.20. The molecule has 1 aromatic carbocycles. The van der Waals surface area contributed by atoms with Crippen molar-refractivity contribution in [1.82, 2.24) is 25.3 Å². The lowest BCUT2D eigenvalue weighted by molar-refractivity contribution is -0.129. The number of carbonyl (C=O) groups excluding carboxylic acids is 1. The number of rotatable bonds is 4. The van der Waals surface area contributed by atoms with Gasteiger partial charge in [0.25, 0.3) is 0 Å². The zero-order valence-corrected chi connectivity index (χ0v) is 13.5. The van der Waals surface area contributed by atoms with E-state index in [-0.39, 0.29) is 11.9 Å². The van der Waals surface area contributed by atoms with E-state index in [4.69, 9.17) is 4.52 Å². The molecule has 7 heteroatoms. The molecule has 2 aromatic heterocycles. The Morgan fingerprint density at radius 3 is 3.12 bits per heavy atom. The van der Waals surface area contributed by atoms with E-state index in [1.807, 2.05) is 12.3 Å². The van der Waals surface area contributed by atoms with Gasteiger partial charge in [-0.2, -0.15) is 4.98 Å². The van der Waals surface area contributed by atoms with Crippen molar-refractivity contribution in [3.8, 4) is 0 Å². The summed E-state index contributed by atoms with van der Waals surface area (Å²) in [5, 5.41) is 7.93. The molecule has 124 valence electrons. The van der Waals surface area contributed by atoms with Gasteiger partial charge in [0, 0.05) is 36.7 Å². The van der Waals surface area contributed by atoms with Gasteiger partial charge in [0.15, 0.2) is 5.82 Å². The number of hydrogen-bond acceptors (Lipinski definition) is 5. The molecule has 1 fully saturated rings. The van der Waals surface area contributed by atoms with Crippen LogP contribution in [0.3, 0.4) is 0 Å². The number of amides is 1. The average molecular weight is 325 g/mol. The Kier molecular flexibility index (Phi) is 3.78. The number of nitrogens with zero attached hydrogens (tertiary/aromatic N) is 3. The first-order chi connectivity index (χ1) is 11.7. The first-order valence-corrected chi connectivity index (χ1v) is 8.06. The Morgan fingerprint density at radius 1 is 1.38 bits per heavy atom. The van der Waals surface area contributed by atoms with Gasteiger partial charge in [-0.05, 0) is 24.6 Å². The summed E-state index contributed by atoms with van der Waals surface area (Å²) in [6.45, 7) is 3.93. The molecular weight excluding hydrogens is 306 g/mol. The lowest BCUT2D eigenvalue weighted by Crippen LogP contribution is -2.55. The predicted octanol–water partition coefficient (Wildman–Crippen LogP) is 1.40. The maximum absolute atomic E-state index is 12.4. The monoisotopic (exact) mass is 325 g/mol. The number of aryl methyl sites for hydroxylation is 1. The Bertz CT molecular complexity index is 869. The van der Waals surface area contributed by atoms with Gasteiger partial charge in [-0.1, -0.05) is 17.3 Å². The molecule has 2 N–H and O–H groups in total. The maximum atomic E-state index is 12.4. The fourth-order valence-corrected chi connectivity index (χ4v) is 3.27. The van der Waals surface area contributed by atoms with E-state index >= 15 is 0 Å². The number of aromatic amines is 1. The highest BCUT2D eigenvalue weighted by atomic mass is 16.5. The lowest BCUT2D eigenvalue weighted by Gasteiger charge is -2.34. The molecule has 1 amide bonds. The average Bonchev–Trinajstić information content (AvgIpc) is 3.20. The molecule has 0 aliphatic carbocycles. The number of piperazine rings is 1. The van der Waals surface area contributed by atoms with Crippen LogP contribution in [0, 0.1) is 6.92 Å². The smallest absolute Gasteiger partial charge is 0.237 e. The minimum Gasteiger partial charge on any atom is -0.361 e. The molecule has 1 aliphatic heterocycles. The van der Waals surface area contributed by atoms with Crippen LogP contribution in [0.1, 0.15) is 17.3 Å². The zero-order valence-electron chi connectivity index (χ0n) is 13.5. The number of carbonyl (C=O) groups is 1. The third-order valence-electron chi connectivity index (χ3n) is 4.44. The van der Waals surface area contributed by atoms with Gasteiger partial charge in [-0.3, -0.25) is 9.69 Å². The highest BCUT2D eigenvalue weighted by Gasteiger charge is 2.31. The molecule has 0 saturated carbocycles. The number of benzene rings is 1. The lowest BCUT2D eigenvalue weighted by atomic mass is 10.0. The van der Waals surface area contributed by atoms with Gasteiger partial charge in [0.1, 0.15) is 0 Å². The van der Waals surface area contributed by atoms with E-state index in [9.17, 15) is 4.79 Å². The van der Waals surface area contributed by atoms with Gasteiger partial charge in [-0.15, -0.1) is 0 Å². The van der Waals surface area contributed by atoms with Crippen LogP contribution in [0.25, 0.3) is 10.9 Å². The third-order valence-corrected chi connectivity index (χ3v) is 4.44. The first-order valence-electron chi connectivity index (χ1n) is 8.06. The fraction of sp³-hybridized carbons (Fsp3) is 0.353. The van der Waals surface area contributed by atoms with Crippen molar-refractivity contribution < 1.29 is 9.32 Å². The number of H-pyrrole nitrogens is 1. The van der Waals surface area contributed by atoms with Crippen LogP contribution in [0.2, 0.25) is 0 Å². The van der Waals surface area contributed by atoms with Crippen LogP contribution in [-0.2, 0) is 17.8 Å². The Hall–Kier alpha value is -2.67. The largest absolute Gasteiger partial charge is 0.361 e. The quantitative estimate of drug-likeness (QED) is 0.757. The summed E-state index contributed by atoms with van der Waals surface area (Å²) in [4.78, 5) is 22.0. The molecule has 1 aliphatic rings. The molecule has 4 rings (SSSR count).